The monoisotopic (exact) mass is 341 g/mol. The first-order valence-corrected chi connectivity index (χ1v) is 8.76. The van der Waals surface area contributed by atoms with Gasteiger partial charge in [0.05, 0.1) is 5.69 Å². The van der Waals surface area contributed by atoms with Crippen LogP contribution in [-0.4, -0.2) is 11.7 Å². The van der Waals surface area contributed by atoms with Crippen molar-refractivity contribution in [3.05, 3.63) is 89.0 Å². The van der Waals surface area contributed by atoms with Gasteiger partial charge in [-0.15, -0.1) is 0 Å². The minimum Gasteiger partial charge on any atom is -0.321 e. The lowest BCUT2D eigenvalue weighted by Crippen LogP contribution is -2.15. The minimum atomic E-state index is -0.183. The third-order valence-electron chi connectivity index (χ3n) is 4.92. The predicted octanol–water partition coefficient (Wildman–Crippen LogP) is 5.04. The SMILES string of the molecule is Cc1ccccc1C(=O)Nc1ccc(-c2ccccc2)c2c1C(=O)CC2. The average Bonchev–Trinajstić information content (AvgIpc) is 3.05. The molecule has 1 N–H and O–H groups in total. The quantitative estimate of drug-likeness (QED) is 0.725. The molecule has 26 heavy (non-hydrogen) atoms. The van der Waals surface area contributed by atoms with Gasteiger partial charge in [0.2, 0.25) is 0 Å². The summed E-state index contributed by atoms with van der Waals surface area (Å²) in [7, 11) is 0. The van der Waals surface area contributed by atoms with Crippen LogP contribution in [0.15, 0.2) is 66.7 Å². The van der Waals surface area contributed by atoms with E-state index in [1.807, 2.05) is 67.6 Å². The van der Waals surface area contributed by atoms with E-state index in [9.17, 15) is 9.59 Å². The number of rotatable bonds is 3. The Hall–Kier alpha value is -3.20. The Morgan fingerprint density at radius 3 is 2.38 bits per heavy atom. The first-order chi connectivity index (χ1) is 12.6. The van der Waals surface area contributed by atoms with Crippen LogP contribution in [0.4, 0.5) is 5.69 Å². The fourth-order valence-electron chi connectivity index (χ4n) is 3.60. The summed E-state index contributed by atoms with van der Waals surface area (Å²) in [6, 6.07) is 21.4. The Morgan fingerprint density at radius 2 is 1.62 bits per heavy atom. The number of carbonyl (C=O) groups is 2. The average molecular weight is 341 g/mol. The lowest BCUT2D eigenvalue weighted by Gasteiger charge is -2.14. The molecule has 4 rings (SSSR count). The molecule has 0 saturated heterocycles. The van der Waals surface area contributed by atoms with Gasteiger partial charge in [0, 0.05) is 17.5 Å². The van der Waals surface area contributed by atoms with E-state index in [-0.39, 0.29) is 11.7 Å². The van der Waals surface area contributed by atoms with Gasteiger partial charge in [0.25, 0.3) is 5.91 Å². The lowest BCUT2D eigenvalue weighted by molar-refractivity contribution is 0.0995. The van der Waals surface area contributed by atoms with E-state index in [2.05, 4.69) is 5.32 Å². The van der Waals surface area contributed by atoms with Crippen LogP contribution < -0.4 is 5.32 Å². The highest BCUT2D eigenvalue weighted by atomic mass is 16.2. The van der Waals surface area contributed by atoms with Crippen molar-refractivity contribution in [2.45, 2.75) is 19.8 Å². The fraction of sp³-hybridized carbons (Fsp3) is 0.130. The molecule has 3 aromatic rings. The van der Waals surface area contributed by atoms with Crippen LogP contribution in [-0.2, 0) is 6.42 Å². The van der Waals surface area contributed by atoms with Gasteiger partial charge in [-0.2, -0.15) is 0 Å². The molecular weight excluding hydrogens is 322 g/mol. The predicted molar refractivity (Wildman–Crippen MR) is 104 cm³/mol. The first kappa shape index (κ1) is 16.3. The summed E-state index contributed by atoms with van der Waals surface area (Å²) >= 11 is 0. The molecule has 3 aromatic carbocycles. The summed E-state index contributed by atoms with van der Waals surface area (Å²) in [5.41, 5.74) is 6.00. The van der Waals surface area contributed by atoms with E-state index in [0.29, 0.717) is 29.7 Å². The van der Waals surface area contributed by atoms with Gasteiger partial charge in [-0.25, -0.2) is 0 Å². The Labute approximate surface area is 152 Å². The number of fused-ring (bicyclic) bond motifs is 1. The van der Waals surface area contributed by atoms with Gasteiger partial charge < -0.3 is 5.32 Å². The van der Waals surface area contributed by atoms with Crippen molar-refractivity contribution in [1.29, 1.82) is 0 Å². The zero-order valence-electron chi connectivity index (χ0n) is 14.6. The van der Waals surface area contributed by atoms with Crippen LogP contribution in [0, 0.1) is 6.92 Å². The zero-order chi connectivity index (χ0) is 18.1. The number of ketones is 1. The van der Waals surface area contributed by atoms with E-state index in [0.717, 1.165) is 22.3 Å². The molecule has 0 unspecified atom stereocenters. The Morgan fingerprint density at radius 1 is 0.885 bits per heavy atom. The maximum Gasteiger partial charge on any atom is 0.255 e. The molecule has 0 heterocycles. The Kier molecular flexibility index (Phi) is 4.13. The van der Waals surface area contributed by atoms with Gasteiger partial charge >= 0.3 is 0 Å². The highest BCUT2D eigenvalue weighted by Crippen LogP contribution is 2.37. The number of hydrogen-bond acceptors (Lipinski definition) is 2. The highest BCUT2D eigenvalue weighted by molar-refractivity contribution is 6.12. The first-order valence-electron chi connectivity index (χ1n) is 8.76. The fourth-order valence-corrected chi connectivity index (χ4v) is 3.60. The van der Waals surface area contributed by atoms with Crippen molar-refractivity contribution in [3.8, 4) is 11.1 Å². The highest BCUT2D eigenvalue weighted by Gasteiger charge is 2.27. The molecule has 0 spiro atoms. The summed E-state index contributed by atoms with van der Waals surface area (Å²) in [6.07, 6.45) is 1.21. The molecule has 0 fully saturated rings. The summed E-state index contributed by atoms with van der Waals surface area (Å²) in [5, 5.41) is 2.95. The minimum absolute atomic E-state index is 0.0952. The van der Waals surface area contributed by atoms with Crippen LogP contribution >= 0.6 is 0 Å². The normalized spacial score (nSPS) is 12.7. The third kappa shape index (κ3) is 2.82. The van der Waals surface area contributed by atoms with Crippen molar-refractivity contribution in [1.82, 2.24) is 0 Å². The summed E-state index contributed by atoms with van der Waals surface area (Å²) in [4.78, 5) is 25.2. The van der Waals surface area contributed by atoms with Gasteiger partial charge in [-0.1, -0.05) is 54.6 Å². The number of aryl methyl sites for hydroxylation is 1. The second-order valence-corrected chi connectivity index (χ2v) is 6.57. The van der Waals surface area contributed by atoms with Crippen molar-refractivity contribution in [3.63, 3.8) is 0 Å². The Bertz CT molecular complexity index is 1010. The summed E-state index contributed by atoms with van der Waals surface area (Å²) < 4.78 is 0. The number of Topliss-reactive ketones (excluding diaryl/α,β-unsaturated/α-hetero) is 1. The van der Waals surface area contributed by atoms with E-state index in [1.165, 1.54) is 0 Å². The molecule has 0 atom stereocenters. The molecule has 0 bridgehead atoms. The summed E-state index contributed by atoms with van der Waals surface area (Å²) in [6.45, 7) is 1.91. The number of anilines is 1. The standard InChI is InChI=1S/C23H19NO2/c1-15-7-5-6-10-17(15)23(26)24-20-13-11-18(16-8-3-2-4-9-16)19-12-14-21(25)22(19)20/h2-11,13H,12,14H2,1H3,(H,24,26). The molecule has 0 aliphatic heterocycles. The molecule has 1 aliphatic rings. The third-order valence-corrected chi connectivity index (χ3v) is 4.92. The molecule has 128 valence electrons. The van der Waals surface area contributed by atoms with E-state index >= 15 is 0 Å². The van der Waals surface area contributed by atoms with E-state index in [1.54, 1.807) is 6.07 Å². The van der Waals surface area contributed by atoms with Crippen LogP contribution in [0.5, 0.6) is 0 Å². The Balaban J connectivity index is 1.75. The second kappa shape index (κ2) is 6.60. The topological polar surface area (TPSA) is 46.2 Å². The molecule has 1 aliphatic carbocycles. The maximum absolute atomic E-state index is 12.7. The second-order valence-electron chi connectivity index (χ2n) is 6.57. The van der Waals surface area contributed by atoms with Crippen LogP contribution in [0.25, 0.3) is 11.1 Å². The van der Waals surface area contributed by atoms with Crippen molar-refractivity contribution < 1.29 is 9.59 Å². The maximum atomic E-state index is 12.7. The number of carbonyl (C=O) groups excluding carboxylic acids is 2. The molecule has 1 amide bonds. The molecule has 3 heteroatoms. The van der Waals surface area contributed by atoms with Gasteiger partial charge in [-0.3, -0.25) is 9.59 Å². The smallest absolute Gasteiger partial charge is 0.255 e. The van der Waals surface area contributed by atoms with Gasteiger partial charge in [0.1, 0.15) is 0 Å². The molecule has 0 radical (unpaired) electrons. The summed E-state index contributed by atoms with van der Waals surface area (Å²) in [5.74, 6) is -0.0877. The van der Waals surface area contributed by atoms with Gasteiger partial charge in [-0.05, 0) is 47.7 Å². The lowest BCUT2D eigenvalue weighted by atomic mass is 9.95. The van der Waals surface area contributed by atoms with Crippen molar-refractivity contribution in [2.24, 2.45) is 0 Å². The largest absolute Gasteiger partial charge is 0.321 e. The van der Waals surface area contributed by atoms with Crippen LogP contribution in [0.3, 0.4) is 0 Å². The van der Waals surface area contributed by atoms with E-state index in [4.69, 9.17) is 0 Å². The zero-order valence-corrected chi connectivity index (χ0v) is 14.6. The molecule has 3 nitrogen and oxygen atoms in total. The van der Waals surface area contributed by atoms with Crippen molar-refractivity contribution >= 4 is 17.4 Å². The van der Waals surface area contributed by atoms with Crippen LogP contribution in [0.2, 0.25) is 0 Å². The molecule has 0 aromatic heterocycles. The molecular formula is C23H19NO2. The van der Waals surface area contributed by atoms with Crippen molar-refractivity contribution in [2.75, 3.05) is 5.32 Å². The number of amides is 1. The number of hydrogen-bond donors (Lipinski definition) is 1. The van der Waals surface area contributed by atoms with Crippen LogP contribution in [0.1, 0.15) is 38.3 Å². The van der Waals surface area contributed by atoms with E-state index < -0.39 is 0 Å². The molecule has 0 saturated carbocycles. The number of benzene rings is 3. The van der Waals surface area contributed by atoms with Gasteiger partial charge in [0.15, 0.2) is 5.78 Å². The number of nitrogens with one attached hydrogen (secondary N) is 1.